The summed E-state index contributed by atoms with van der Waals surface area (Å²) in [7, 11) is 1.44. The van der Waals surface area contributed by atoms with Crippen LogP contribution in [0.3, 0.4) is 0 Å². The number of pyridine rings is 1. The van der Waals surface area contributed by atoms with Gasteiger partial charge in [-0.05, 0) is 0 Å². The Hall–Kier alpha value is -1.29. The van der Waals surface area contributed by atoms with Crippen LogP contribution in [-0.2, 0) is 0 Å². The van der Waals surface area contributed by atoms with Gasteiger partial charge in [-0.25, -0.2) is 4.98 Å². The molecular weight excluding hydrogens is 180 g/mol. The molecule has 12 heavy (non-hydrogen) atoms. The van der Waals surface area contributed by atoms with Crippen molar-refractivity contribution in [2.24, 2.45) is 0 Å². The van der Waals surface area contributed by atoms with Crippen molar-refractivity contribution in [1.29, 1.82) is 0 Å². The summed E-state index contributed by atoms with van der Waals surface area (Å²) in [6.07, 6.45) is 1.91. The lowest BCUT2D eigenvalue weighted by Crippen LogP contribution is -1.99. The summed E-state index contributed by atoms with van der Waals surface area (Å²) in [4.78, 5) is 14.2. The standard InChI is InChI=1S/C7H7ClN2O2/c1-12-5-2-10-7(9)4(3-11)6(5)8/h2-3H,1H3,(H2,9,10). The Morgan fingerprint density at radius 1 is 1.75 bits per heavy atom. The minimum atomic E-state index is 0.107. The zero-order chi connectivity index (χ0) is 9.14. The number of nitrogens with two attached hydrogens (primary N) is 1. The van der Waals surface area contributed by atoms with Gasteiger partial charge in [0.1, 0.15) is 5.82 Å². The predicted molar refractivity (Wildman–Crippen MR) is 45.6 cm³/mol. The molecule has 1 aromatic rings. The molecule has 0 amide bonds. The molecule has 1 aromatic heterocycles. The number of hydrogen-bond acceptors (Lipinski definition) is 4. The summed E-state index contributed by atoms with van der Waals surface area (Å²) in [5.74, 6) is 0.448. The highest BCUT2D eigenvalue weighted by Crippen LogP contribution is 2.28. The second kappa shape index (κ2) is 3.40. The molecule has 1 heterocycles. The zero-order valence-corrected chi connectivity index (χ0v) is 7.13. The first kappa shape index (κ1) is 8.80. The maximum atomic E-state index is 10.5. The van der Waals surface area contributed by atoms with Crippen molar-refractivity contribution in [2.45, 2.75) is 0 Å². The lowest BCUT2D eigenvalue weighted by molar-refractivity contribution is 0.112. The van der Waals surface area contributed by atoms with E-state index in [9.17, 15) is 4.79 Å². The Labute approximate surface area is 74.3 Å². The van der Waals surface area contributed by atoms with E-state index in [1.54, 1.807) is 0 Å². The molecule has 0 aliphatic heterocycles. The zero-order valence-electron chi connectivity index (χ0n) is 6.37. The van der Waals surface area contributed by atoms with E-state index in [-0.39, 0.29) is 16.4 Å². The molecule has 0 bridgehead atoms. The topological polar surface area (TPSA) is 65.2 Å². The number of halogens is 1. The van der Waals surface area contributed by atoms with Crippen molar-refractivity contribution < 1.29 is 9.53 Å². The number of carbonyl (C=O) groups is 1. The van der Waals surface area contributed by atoms with Gasteiger partial charge in [0.2, 0.25) is 0 Å². The molecule has 1 rings (SSSR count). The van der Waals surface area contributed by atoms with Crippen molar-refractivity contribution in [3.8, 4) is 5.75 Å². The highest BCUT2D eigenvalue weighted by Gasteiger charge is 2.10. The van der Waals surface area contributed by atoms with E-state index < -0.39 is 0 Å². The number of hydrogen-bond donors (Lipinski definition) is 1. The van der Waals surface area contributed by atoms with Gasteiger partial charge in [-0.2, -0.15) is 0 Å². The largest absolute Gasteiger partial charge is 0.494 e. The number of aldehydes is 1. The van der Waals surface area contributed by atoms with E-state index >= 15 is 0 Å². The molecule has 0 unspecified atom stereocenters. The lowest BCUT2D eigenvalue weighted by Gasteiger charge is -2.04. The Balaban J connectivity index is 3.33. The van der Waals surface area contributed by atoms with Crippen LogP contribution in [0.5, 0.6) is 5.75 Å². The van der Waals surface area contributed by atoms with Crippen LogP contribution in [0.4, 0.5) is 5.82 Å². The van der Waals surface area contributed by atoms with Crippen molar-refractivity contribution >= 4 is 23.7 Å². The molecule has 0 atom stereocenters. The van der Waals surface area contributed by atoms with Crippen molar-refractivity contribution in [3.63, 3.8) is 0 Å². The van der Waals surface area contributed by atoms with Gasteiger partial charge in [0.15, 0.2) is 12.0 Å². The van der Waals surface area contributed by atoms with Crippen LogP contribution in [0.25, 0.3) is 0 Å². The summed E-state index contributed by atoms with van der Waals surface area (Å²) in [5.41, 5.74) is 5.54. The molecule has 0 saturated carbocycles. The number of anilines is 1. The normalized spacial score (nSPS) is 9.50. The van der Waals surface area contributed by atoms with Crippen LogP contribution in [-0.4, -0.2) is 18.4 Å². The Kier molecular flexibility index (Phi) is 2.50. The van der Waals surface area contributed by atoms with Crippen LogP contribution < -0.4 is 10.5 Å². The summed E-state index contributed by atoms with van der Waals surface area (Å²) < 4.78 is 4.83. The van der Waals surface area contributed by atoms with E-state index in [1.807, 2.05) is 0 Å². The van der Waals surface area contributed by atoms with E-state index in [1.165, 1.54) is 13.3 Å². The number of aromatic nitrogens is 1. The Morgan fingerprint density at radius 2 is 2.42 bits per heavy atom. The van der Waals surface area contributed by atoms with Gasteiger partial charge in [0.05, 0.1) is 23.9 Å². The fraction of sp³-hybridized carbons (Fsp3) is 0.143. The van der Waals surface area contributed by atoms with Crippen LogP contribution >= 0.6 is 11.6 Å². The average Bonchev–Trinajstić information content (AvgIpc) is 2.06. The lowest BCUT2D eigenvalue weighted by atomic mass is 10.3. The second-order valence-corrected chi connectivity index (χ2v) is 2.44. The molecule has 0 aliphatic rings. The van der Waals surface area contributed by atoms with Crippen molar-refractivity contribution in [3.05, 3.63) is 16.8 Å². The summed E-state index contributed by atoms with van der Waals surface area (Å²) >= 11 is 5.74. The Bertz CT molecular complexity index is 315. The highest BCUT2D eigenvalue weighted by molar-refractivity contribution is 6.34. The number of nitrogen functional groups attached to an aromatic ring is 1. The predicted octanol–water partition coefficient (Wildman–Crippen LogP) is 1.14. The minimum absolute atomic E-state index is 0.107. The van der Waals surface area contributed by atoms with E-state index in [4.69, 9.17) is 22.1 Å². The number of ether oxygens (including phenoxy) is 1. The maximum Gasteiger partial charge on any atom is 0.156 e. The number of nitrogens with zero attached hydrogens (tertiary/aromatic N) is 1. The van der Waals surface area contributed by atoms with Crippen LogP contribution in [0.15, 0.2) is 6.20 Å². The third kappa shape index (κ3) is 1.33. The fourth-order valence-electron chi connectivity index (χ4n) is 0.754. The van der Waals surface area contributed by atoms with E-state index in [0.717, 1.165) is 0 Å². The van der Waals surface area contributed by atoms with Gasteiger partial charge < -0.3 is 10.5 Å². The molecule has 0 fully saturated rings. The first-order valence-electron chi connectivity index (χ1n) is 3.13. The molecule has 0 aliphatic carbocycles. The van der Waals surface area contributed by atoms with Gasteiger partial charge in [-0.3, -0.25) is 4.79 Å². The van der Waals surface area contributed by atoms with Gasteiger partial charge in [0.25, 0.3) is 0 Å². The molecular formula is C7H7ClN2O2. The van der Waals surface area contributed by atoms with Crippen LogP contribution in [0.2, 0.25) is 5.02 Å². The average molecular weight is 187 g/mol. The summed E-state index contributed by atoms with van der Waals surface area (Å²) in [6.45, 7) is 0. The number of rotatable bonds is 2. The SMILES string of the molecule is COc1cnc(N)c(C=O)c1Cl. The molecule has 5 heteroatoms. The smallest absolute Gasteiger partial charge is 0.156 e. The summed E-state index contributed by atoms with van der Waals surface area (Å²) in [5, 5.41) is 0.194. The van der Waals surface area contributed by atoms with Crippen LogP contribution in [0, 0.1) is 0 Å². The molecule has 2 N–H and O–H groups in total. The molecule has 0 radical (unpaired) electrons. The van der Waals surface area contributed by atoms with E-state index in [2.05, 4.69) is 4.98 Å². The monoisotopic (exact) mass is 186 g/mol. The summed E-state index contributed by atoms with van der Waals surface area (Å²) in [6, 6.07) is 0. The number of carbonyl (C=O) groups excluding carboxylic acids is 1. The molecule has 0 saturated heterocycles. The highest BCUT2D eigenvalue weighted by atomic mass is 35.5. The van der Waals surface area contributed by atoms with Gasteiger partial charge in [-0.15, -0.1) is 0 Å². The molecule has 0 spiro atoms. The maximum absolute atomic E-state index is 10.5. The molecule has 0 aromatic carbocycles. The van der Waals surface area contributed by atoms with Crippen molar-refractivity contribution in [1.82, 2.24) is 4.98 Å². The van der Waals surface area contributed by atoms with Gasteiger partial charge in [-0.1, -0.05) is 11.6 Å². The number of methoxy groups -OCH3 is 1. The van der Waals surface area contributed by atoms with Crippen molar-refractivity contribution in [2.75, 3.05) is 12.8 Å². The van der Waals surface area contributed by atoms with E-state index in [0.29, 0.717) is 12.0 Å². The van der Waals surface area contributed by atoms with Gasteiger partial charge >= 0.3 is 0 Å². The third-order valence-corrected chi connectivity index (χ3v) is 1.78. The molecule has 4 nitrogen and oxygen atoms in total. The molecule has 64 valence electrons. The Morgan fingerprint density at radius 3 is 2.92 bits per heavy atom. The minimum Gasteiger partial charge on any atom is -0.494 e. The first-order valence-corrected chi connectivity index (χ1v) is 3.51. The fourth-order valence-corrected chi connectivity index (χ4v) is 1.02. The van der Waals surface area contributed by atoms with Crippen LogP contribution in [0.1, 0.15) is 10.4 Å². The second-order valence-electron chi connectivity index (χ2n) is 2.06. The van der Waals surface area contributed by atoms with Gasteiger partial charge in [0, 0.05) is 0 Å². The third-order valence-electron chi connectivity index (χ3n) is 1.39. The first-order chi connectivity index (χ1) is 5.70. The quantitative estimate of drug-likeness (QED) is 0.704.